The zero-order valence-electron chi connectivity index (χ0n) is 10.4. The van der Waals surface area contributed by atoms with Crippen LogP contribution in [0, 0.1) is 5.92 Å². The molecule has 1 aromatic carbocycles. The highest BCUT2D eigenvalue weighted by molar-refractivity contribution is 9.10. The summed E-state index contributed by atoms with van der Waals surface area (Å²) in [6.07, 6.45) is 1.21. The lowest BCUT2D eigenvalue weighted by Gasteiger charge is -2.11. The van der Waals surface area contributed by atoms with Crippen LogP contribution >= 0.6 is 39.3 Å². The zero-order valence-corrected chi connectivity index (χ0v) is 13.6. The third kappa shape index (κ3) is 3.90. The van der Waals surface area contributed by atoms with Crippen molar-refractivity contribution in [2.75, 3.05) is 11.9 Å². The molecule has 0 saturated heterocycles. The fraction of sp³-hybridized carbons (Fsp3) is 0.462. The average molecular weight is 348 g/mol. The first-order chi connectivity index (χ1) is 8.54. The topological polar surface area (TPSA) is 24.4 Å². The van der Waals surface area contributed by atoms with Crippen molar-refractivity contribution in [3.05, 3.63) is 27.7 Å². The van der Waals surface area contributed by atoms with Gasteiger partial charge in [-0.05, 0) is 46.5 Å². The number of benzene rings is 1. The van der Waals surface area contributed by atoms with Crippen LogP contribution in [0.1, 0.15) is 20.3 Å². The van der Waals surface area contributed by atoms with Gasteiger partial charge in [-0.2, -0.15) is 0 Å². The summed E-state index contributed by atoms with van der Waals surface area (Å²) in [7, 11) is 0. The van der Waals surface area contributed by atoms with E-state index in [0.29, 0.717) is 10.3 Å². The molecule has 18 heavy (non-hydrogen) atoms. The third-order valence-corrected chi connectivity index (χ3v) is 4.98. The Morgan fingerprint density at radius 1 is 1.56 bits per heavy atom. The highest BCUT2D eigenvalue weighted by Gasteiger charge is 2.20. The van der Waals surface area contributed by atoms with Crippen molar-refractivity contribution in [3.63, 3.8) is 0 Å². The normalized spacial score (nSPS) is 19.2. The van der Waals surface area contributed by atoms with Crippen molar-refractivity contribution in [1.82, 2.24) is 0 Å². The lowest BCUT2D eigenvalue weighted by Crippen LogP contribution is -2.09. The van der Waals surface area contributed by atoms with E-state index in [9.17, 15) is 0 Å². The number of hydrogen-bond donors (Lipinski definition) is 1. The molecular formula is C13H16BrClN2S. The Bertz CT molecular complexity index is 462. The summed E-state index contributed by atoms with van der Waals surface area (Å²) < 4.78 is 0.911. The molecule has 0 radical (unpaired) electrons. The Morgan fingerprint density at radius 2 is 2.33 bits per heavy atom. The number of anilines is 1. The molecule has 1 heterocycles. The fourth-order valence-electron chi connectivity index (χ4n) is 1.83. The molecule has 1 N–H and O–H groups in total. The van der Waals surface area contributed by atoms with E-state index in [1.807, 2.05) is 30.0 Å². The Kier molecular flexibility index (Phi) is 4.98. The van der Waals surface area contributed by atoms with Crippen molar-refractivity contribution in [3.8, 4) is 0 Å². The number of halogens is 2. The monoisotopic (exact) mass is 346 g/mol. The SMILES string of the molecule is CC(C)CC1CN=C(Nc2ccc(Br)c(Cl)c2)S1. The molecule has 1 unspecified atom stereocenters. The molecule has 2 nitrogen and oxygen atoms in total. The minimum Gasteiger partial charge on any atom is -0.335 e. The second-order valence-electron chi connectivity index (χ2n) is 4.77. The summed E-state index contributed by atoms with van der Waals surface area (Å²) in [5.74, 6) is 0.721. The number of nitrogens with zero attached hydrogens (tertiary/aromatic N) is 1. The lowest BCUT2D eigenvalue weighted by atomic mass is 10.1. The summed E-state index contributed by atoms with van der Waals surface area (Å²) in [5, 5.41) is 5.64. The van der Waals surface area contributed by atoms with Crippen LogP contribution in [0.2, 0.25) is 5.02 Å². The highest BCUT2D eigenvalue weighted by atomic mass is 79.9. The zero-order chi connectivity index (χ0) is 13.1. The van der Waals surface area contributed by atoms with E-state index in [4.69, 9.17) is 11.6 Å². The van der Waals surface area contributed by atoms with Crippen LogP contribution in [0.3, 0.4) is 0 Å². The van der Waals surface area contributed by atoms with Gasteiger partial charge >= 0.3 is 0 Å². The molecule has 1 aliphatic rings. The maximum Gasteiger partial charge on any atom is 0.161 e. The van der Waals surface area contributed by atoms with Crippen LogP contribution in [0.5, 0.6) is 0 Å². The second-order valence-corrected chi connectivity index (χ2v) is 7.32. The van der Waals surface area contributed by atoms with Gasteiger partial charge in [0, 0.05) is 15.4 Å². The molecule has 0 aromatic heterocycles. The van der Waals surface area contributed by atoms with Crippen LogP contribution < -0.4 is 5.32 Å². The van der Waals surface area contributed by atoms with Gasteiger partial charge in [0.15, 0.2) is 5.17 Å². The van der Waals surface area contributed by atoms with Crippen LogP contribution in [0.15, 0.2) is 27.7 Å². The molecule has 98 valence electrons. The van der Waals surface area contributed by atoms with Gasteiger partial charge in [-0.25, -0.2) is 0 Å². The molecule has 1 aliphatic heterocycles. The first kappa shape index (κ1) is 14.2. The van der Waals surface area contributed by atoms with Crippen molar-refractivity contribution in [2.24, 2.45) is 10.9 Å². The van der Waals surface area contributed by atoms with E-state index in [0.717, 1.165) is 27.8 Å². The molecule has 0 spiro atoms. The number of aliphatic imine (C=N–C) groups is 1. The average Bonchev–Trinajstić information content (AvgIpc) is 2.70. The summed E-state index contributed by atoms with van der Waals surface area (Å²) in [4.78, 5) is 4.53. The van der Waals surface area contributed by atoms with E-state index < -0.39 is 0 Å². The number of rotatable bonds is 3. The van der Waals surface area contributed by atoms with E-state index in [2.05, 4.69) is 40.1 Å². The predicted octanol–water partition coefficient (Wildman–Crippen LogP) is 5.03. The molecule has 0 fully saturated rings. The highest BCUT2D eigenvalue weighted by Crippen LogP contribution is 2.29. The van der Waals surface area contributed by atoms with Crippen LogP contribution in [0.25, 0.3) is 0 Å². The molecule has 5 heteroatoms. The van der Waals surface area contributed by atoms with Gasteiger partial charge in [0.2, 0.25) is 0 Å². The summed E-state index contributed by atoms with van der Waals surface area (Å²) in [6, 6.07) is 5.84. The van der Waals surface area contributed by atoms with Gasteiger partial charge in [-0.3, -0.25) is 4.99 Å². The van der Waals surface area contributed by atoms with Crippen molar-refractivity contribution in [1.29, 1.82) is 0 Å². The van der Waals surface area contributed by atoms with Crippen LogP contribution in [0.4, 0.5) is 5.69 Å². The Balaban J connectivity index is 1.93. The quantitative estimate of drug-likeness (QED) is 0.829. The van der Waals surface area contributed by atoms with E-state index >= 15 is 0 Å². The van der Waals surface area contributed by atoms with Gasteiger partial charge in [-0.15, -0.1) is 0 Å². The van der Waals surface area contributed by atoms with Crippen LogP contribution in [-0.2, 0) is 0 Å². The number of nitrogens with one attached hydrogen (secondary N) is 1. The molecule has 0 saturated carbocycles. The third-order valence-electron chi connectivity index (χ3n) is 2.62. The molecule has 1 atom stereocenters. The van der Waals surface area contributed by atoms with Gasteiger partial charge in [0.05, 0.1) is 11.6 Å². The molecule has 0 amide bonds. The van der Waals surface area contributed by atoms with E-state index in [1.54, 1.807) is 0 Å². The summed E-state index contributed by atoms with van der Waals surface area (Å²) in [6.45, 7) is 5.41. The second kappa shape index (κ2) is 6.31. The number of amidine groups is 1. The number of thioether (sulfide) groups is 1. The Hall–Kier alpha value is -0.190. The fourth-order valence-corrected chi connectivity index (χ4v) is 3.53. The smallest absolute Gasteiger partial charge is 0.161 e. The van der Waals surface area contributed by atoms with Gasteiger partial charge in [-0.1, -0.05) is 37.2 Å². The van der Waals surface area contributed by atoms with Gasteiger partial charge in [0.25, 0.3) is 0 Å². The maximum atomic E-state index is 6.06. The molecule has 0 bridgehead atoms. The molecular weight excluding hydrogens is 332 g/mol. The van der Waals surface area contributed by atoms with E-state index in [1.165, 1.54) is 6.42 Å². The first-order valence-corrected chi connectivity index (χ1v) is 8.03. The molecule has 2 rings (SSSR count). The molecule has 0 aliphatic carbocycles. The molecule has 1 aromatic rings. The van der Waals surface area contributed by atoms with Crippen LogP contribution in [-0.4, -0.2) is 17.0 Å². The van der Waals surface area contributed by atoms with Gasteiger partial charge in [0.1, 0.15) is 0 Å². The van der Waals surface area contributed by atoms with Gasteiger partial charge < -0.3 is 5.32 Å². The standard InChI is InChI=1S/C13H16BrClN2S/c1-8(2)5-10-7-16-13(18-10)17-9-3-4-11(14)12(15)6-9/h3-4,6,8,10H,5,7H2,1-2H3,(H,16,17). The minimum absolute atomic E-state index is 0.610. The largest absolute Gasteiger partial charge is 0.335 e. The predicted molar refractivity (Wildman–Crippen MR) is 85.9 cm³/mol. The Morgan fingerprint density at radius 3 is 3.00 bits per heavy atom. The lowest BCUT2D eigenvalue weighted by molar-refractivity contribution is 0.575. The first-order valence-electron chi connectivity index (χ1n) is 5.98. The summed E-state index contributed by atoms with van der Waals surface area (Å²) in [5.41, 5.74) is 0.986. The van der Waals surface area contributed by atoms with Crippen molar-refractivity contribution >= 4 is 50.1 Å². The minimum atomic E-state index is 0.610. The van der Waals surface area contributed by atoms with E-state index in [-0.39, 0.29) is 0 Å². The van der Waals surface area contributed by atoms with Crippen molar-refractivity contribution < 1.29 is 0 Å². The number of hydrogen-bond acceptors (Lipinski definition) is 3. The summed E-state index contributed by atoms with van der Waals surface area (Å²) >= 11 is 11.3. The Labute approximate surface area is 126 Å². The van der Waals surface area contributed by atoms with Crippen molar-refractivity contribution in [2.45, 2.75) is 25.5 Å². The maximum absolute atomic E-state index is 6.06.